The molecule has 5 nitrogen and oxygen atoms in total. The van der Waals surface area contributed by atoms with Crippen molar-refractivity contribution in [3.8, 4) is 0 Å². The van der Waals surface area contributed by atoms with Gasteiger partial charge in [0.05, 0.1) is 10.9 Å². The molecule has 1 aliphatic heterocycles. The average Bonchev–Trinajstić information content (AvgIpc) is 2.74. The standard InChI is InChI=1S/C23H28N2O3S/c1-17-12-14-25(15-13-17)29(27,28)20-9-4-8-19(16-20)23(26)24-22-11-5-7-18-6-2-3-10-21(18)22/h2-4,6,8-10,16-17,22H,5,7,11-15H2,1H3,(H,24,26)/t22-/m1/s1. The molecule has 1 heterocycles. The summed E-state index contributed by atoms with van der Waals surface area (Å²) in [4.78, 5) is 13.1. The first kappa shape index (κ1) is 20.1. The summed E-state index contributed by atoms with van der Waals surface area (Å²) in [6, 6.07) is 14.6. The van der Waals surface area contributed by atoms with Gasteiger partial charge in [0.2, 0.25) is 10.0 Å². The highest BCUT2D eigenvalue weighted by Gasteiger charge is 2.29. The largest absolute Gasteiger partial charge is 0.345 e. The Morgan fingerprint density at radius 2 is 1.79 bits per heavy atom. The fraction of sp³-hybridized carbons (Fsp3) is 0.435. The van der Waals surface area contributed by atoms with Gasteiger partial charge in [0, 0.05) is 18.7 Å². The van der Waals surface area contributed by atoms with E-state index in [0.29, 0.717) is 24.6 Å². The molecule has 1 atom stereocenters. The summed E-state index contributed by atoms with van der Waals surface area (Å²) < 4.78 is 27.6. The quantitative estimate of drug-likeness (QED) is 0.828. The van der Waals surface area contributed by atoms with E-state index in [2.05, 4.69) is 24.4 Å². The maximum atomic E-state index is 13.0. The van der Waals surface area contributed by atoms with Crippen LogP contribution in [0, 0.1) is 5.92 Å². The molecule has 2 aromatic rings. The smallest absolute Gasteiger partial charge is 0.251 e. The number of carbonyl (C=O) groups is 1. The molecule has 0 spiro atoms. The monoisotopic (exact) mass is 412 g/mol. The van der Waals surface area contributed by atoms with Crippen LogP contribution in [-0.4, -0.2) is 31.7 Å². The van der Waals surface area contributed by atoms with Gasteiger partial charge in [0.15, 0.2) is 0 Å². The normalized spacial score (nSPS) is 20.8. The number of sulfonamides is 1. The van der Waals surface area contributed by atoms with Crippen LogP contribution in [-0.2, 0) is 16.4 Å². The van der Waals surface area contributed by atoms with Gasteiger partial charge in [-0.25, -0.2) is 8.42 Å². The number of benzene rings is 2. The van der Waals surface area contributed by atoms with Crippen LogP contribution in [0.15, 0.2) is 53.4 Å². The fourth-order valence-electron chi connectivity index (χ4n) is 4.32. The lowest BCUT2D eigenvalue weighted by atomic mass is 9.87. The predicted octanol–water partition coefficient (Wildman–Crippen LogP) is 3.91. The zero-order valence-corrected chi connectivity index (χ0v) is 17.6. The molecule has 1 saturated heterocycles. The number of nitrogens with zero attached hydrogens (tertiary/aromatic N) is 1. The van der Waals surface area contributed by atoms with E-state index in [4.69, 9.17) is 0 Å². The van der Waals surface area contributed by atoms with Gasteiger partial charge in [-0.15, -0.1) is 0 Å². The molecule has 1 aliphatic carbocycles. The molecular formula is C23H28N2O3S. The van der Waals surface area contributed by atoms with Gasteiger partial charge in [-0.2, -0.15) is 4.31 Å². The SMILES string of the molecule is CC1CCN(S(=O)(=O)c2cccc(C(=O)N[C@@H]3CCCc4ccccc43)c2)CC1. The fourth-order valence-corrected chi connectivity index (χ4v) is 5.83. The third-order valence-corrected chi connectivity index (χ3v) is 8.05. The Morgan fingerprint density at radius 1 is 1.03 bits per heavy atom. The molecule has 1 fully saturated rings. The molecule has 29 heavy (non-hydrogen) atoms. The number of carbonyl (C=O) groups excluding carboxylic acids is 1. The predicted molar refractivity (Wildman–Crippen MR) is 113 cm³/mol. The lowest BCUT2D eigenvalue weighted by Crippen LogP contribution is -2.38. The first-order valence-electron chi connectivity index (χ1n) is 10.4. The number of aryl methyl sites for hydroxylation is 1. The molecule has 0 radical (unpaired) electrons. The minimum atomic E-state index is -3.57. The molecule has 1 N–H and O–H groups in total. The summed E-state index contributed by atoms with van der Waals surface area (Å²) >= 11 is 0. The Balaban J connectivity index is 1.52. The third-order valence-electron chi connectivity index (χ3n) is 6.15. The molecule has 0 saturated carbocycles. The van der Waals surface area contributed by atoms with Gasteiger partial charge < -0.3 is 5.32 Å². The van der Waals surface area contributed by atoms with Crippen LogP contribution in [0.2, 0.25) is 0 Å². The van der Waals surface area contributed by atoms with Gasteiger partial charge in [0.1, 0.15) is 0 Å². The molecule has 2 aliphatic rings. The van der Waals surface area contributed by atoms with Gasteiger partial charge in [-0.1, -0.05) is 37.3 Å². The summed E-state index contributed by atoms with van der Waals surface area (Å²) in [6.07, 6.45) is 4.71. The maximum absolute atomic E-state index is 13.0. The topological polar surface area (TPSA) is 66.5 Å². The zero-order valence-electron chi connectivity index (χ0n) is 16.8. The zero-order chi connectivity index (χ0) is 20.4. The Bertz CT molecular complexity index is 995. The van der Waals surface area contributed by atoms with Crippen LogP contribution in [0.1, 0.15) is 60.1 Å². The minimum absolute atomic E-state index is 0.0312. The third kappa shape index (κ3) is 4.23. The van der Waals surface area contributed by atoms with Crippen molar-refractivity contribution in [3.05, 3.63) is 65.2 Å². The molecule has 0 unspecified atom stereocenters. The number of nitrogens with one attached hydrogen (secondary N) is 1. The molecule has 2 aromatic carbocycles. The number of hydrogen-bond donors (Lipinski definition) is 1. The van der Waals surface area contributed by atoms with E-state index in [9.17, 15) is 13.2 Å². The van der Waals surface area contributed by atoms with Gasteiger partial charge in [-0.05, 0) is 67.3 Å². The Hall–Kier alpha value is -2.18. The van der Waals surface area contributed by atoms with Crippen molar-refractivity contribution in [2.75, 3.05) is 13.1 Å². The van der Waals surface area contributed by atoms with Crippen LogP contribution < -0.4 is 5.32 Å². The van der Waals surface area contributed by atoms with Crippen molar-refractivity contribution in [3.63, 3.8) is 0 Å². The highest BCUT2D eigenvalue weighted by molar-refractivity contribution is 7.89. The first-order valence-corrected chi connectivity index (χ1v) is 11.9. The molecule has 0 aromatic heterocycles. The van der Waals surface area contributed by atoms with E-state index in [-0.39, 0.29) is 16.8 Å². The summed E-state index contributed by atoms with van der Waals surface area (Å²) in [5.74, 6) is 0.327. The summed E-state index contributed by atoms with van der Waals surface area (Å²) in [7, 11) is -3.57. The van der Waals surface area contributed by atoms with E-state index in [0.717, 1.165) is 32.1 Å². The average molecular weight is 413 g/mol. The van der Waals surface area contributed by atoms with Gasteiger partial charge in [-0.3, -0.25) is 4.79 Å². The minimum Gasteiger partial charge on any atom is -0.345 e. The lowest BCUT2D eigenvalue weighted by molar-refractivity contribution is 0.0932. The van der Waals surface area contributed by atoms with E-state index in [1.807, 2.05) is 12.1 Å². The highest BCUT2D eigenvalue weighted by Crippen LogP contribution is 2.30. The van der Waals surface area contributed by atoms with Crippen molar-refractivity contribution in [1.29, 1.82) is 0 Å². The van der Waals surface area contributed by atoms with Crippen molar-refractivity contribution in [2.45, 2.75) is 50.0 Å². The number of amides is 1. The van der Waals surface area contributed by atoms with Crippen molar-refractivity contribution in [1.82, 2.24) is 9.62 Å². The number of fused-ring (bicyclic) bond motifs is 1. The molecule has 154 valence electrons. The van der Waals surface area contributed by atoms with Crippen LogP contribution in [0.25, 0.3) is 0 Å². The van der Waals surface area contributed by atoms with Crippen LogP contribution in [0.5, 0.6) is 0 Å². The highest BCUT2D eigenvalue weighted by atomic mass is 32.2. The van der Waals surface area contributed by atoms with E-state index in [1.54, 1.807) is 22.5 Å². The second-order valence-electron chi connectivity index (χ2n) is 8.23. The van der Waals surface area contributed by atoms with Crippen molar-refractivity contribution >= 4 is 15.9 Å². The van der Waals surface area contributed by atoms with Crippen LogP contribution >= 0.6 is 0 Å². The Kier molecular flexibility index (Phi) is 5.74. The van der Waals surface area contributed by atoms with Crippen molar-refractivity contribution < 1.29 is 13.2 Å². The molecule has 4 rings (SSSR count). The van der Waals surface area contributed by atoms with E-state index in [1.165, 1.54) is 17.2 Å². The Morgan fingerprint density at radius 3 is 2.59 bits per heavy atom. The maximum Gasteiger partial charge on any atom is 0.251 e. The first-order chi connectivity index (χ1) is 13.9. The Labute approximate surface area is 173 Å². The van der Waals surface area contributed by atoms with E-state index >= 15 is 0 Å². The second kappa shape index (κ2) is 8.28. The molecule has 0 bridgehead atoms. The van der Waals surface area contributed by atoms with Crippen LogP contribution in [0.4, 0.5) is 0 Å². The lowest BCUT2D eigenvalue weighted by Gasteiger charge is -2.29. The summed E-state index contributed by atoms with van der Waals surface area (Å²) in [6.45, 7) is 3.23. The number of piperidine rings is 1. The molecular weight excluding hydrogens is 384 g/mol. The van der Waals surface area contributed by atoms with Gasteiger partial charge >= 0.3 is 0 Å². The number of hydrogen-bond acceptors (Lipinski definition) is 3. The summed E-state index contributed by atoms with van der Waals surface area (Å²) in [5, 5.41) is 3.11. The van der Waals surface area contributed by atoms with Crippen molar-refractivity contribution in [2.24, 2.45) is 5.92 Å². The van der Waals surface area contributed by atoms with E-state index < -0.39 is 10.0 Å². The molecule has 6 heteroatoms. The second-order valence-corrected chi connectivity index (χ2v) is 10.2. The number of rotatable bonds is 4. The molecule has 1 amide bonds. The van der Waals surface area contributed by atoms with Gasteiger partial charge in [0.25, 0.3) is 5.91 Å². The summed E-state index contributed by atoms with van der Waals surface area (Å²) in [5.41, 5.74) is 2.83. The van der Waals surface area contributed by atoms with Crippen LogP contribution in [0.3, 0.4) is 0 Å².